The van der Waals surface area contributed by atoms with Gasteiger partial charge < -0.3 is 15.5 Å². The van der Waals surface area contributed by atoms with Crippen molar-refractivity contribution in [1.29, 1.82) is 0 Å². The van der Waals surface area contributed by atoms with Crippen molar-refractivity contribution in [3.63, 3.8) is 0 Å². The van der Waals surface area contributed by atoms with Crippen molar-refractivity contribution < 1.29 is 18.7 Å². The highest BCUT2D eigenvalue weighted by molar-refractivity contribution is 6.32. The Balaban J connectivity index is 0.000000515. The third-order valence-corrected chi connectivity index (χ3v) is 6.84. The third-order valence-electron chi connectivity index (χ3n) is 6.54. The molecule has 0 saturated carbocycles. The van der Waals surface area contributed by atoms with Gasteiger partial charge in [0.1, 0.15) is 17.9 Å². The summed E-state index contributed by atoms with van der Waals surface area (Å²) in [6.07, 6.45) is 10.9. The first-order valence-corrected chi connectivity index (χ1v) is 15.7. The van der Waals surface area contributed by atoms with E-state index in [4.69, 9.17) is 22.8 Å². The summed E-state index contributed by atoms with van der Waals surface area (Å²) in [6, 6.07) is 22.4. The smallest absolute Gasteiger partial charge is 0.255 e. The lowest BCUT2D eigenvalue weighted by atomic mass is 9.85. The topological polar surface area (TPSA) is 95.6 Å². The van der Waals surface area contributed by atoms with E-state index >= 15 is 0 Å². The number of terminal acetylenes is 1. The van der Waals surface area contributed by atoms with E-state index in [-0.39, 0.29) is 22.3 Å². The van der Waals surface area contributed by atoms with Crippen LogP contribution in [0.15, 0.2) is 84.9 Å². The van der Waals surface area contributed by atoms with Crippen LogP contribution in [0.4, 0.5) is 15.8 Å². The van der Waals surface area contributed by atoms with Crippen molar-refractivity contribution in [3.8, 4) is 24.0 Å². The Labute approximate surface area is 288 Å². The average Bonchev–Trinajstić information content (AvgIpc) is 3.08. The van der Waals surface area contributed by atoms with Gasteiger partial charge >= 0.3 is 0 Å². The molecule has 4 aromatic rings. The number of benzene rings is 3. The van der Waals surface area contributed by atoms with E-state index in [0.29, 0.717) is 11.3 Å². The van der Waals surface area contributed by atoms with E-state index in [2.05, 4.69) is 40.9 Å². The minimum absolute atomic E-state index is 0.0369. The van der Waals surface area contributed by atoms with Crippen molar-refractivity contribution in [3.05, 3.63) is 118 Å². The Morgan fingerprint density at radius 3 is 2.35 bits per heavy atom. The maximum Gasteiger partial charge on any atom is 0.255 e. The van der Waals surface area contributed by atoms with Crippen LogP contribution in [0.25, 0.3) is 6.08 Å². The molecule has 1 amide bonds. The molecule has 0 radical (unpaired) electrons. The molecule has 0 atom stereocenters. The van der Waals surface area contributed by atoms with Crippen LogP contribution < -0.4 is 20.9 Å². The molecule has 1 aromatic heterocycles. The number of amides is 1. The number of hydrazine groups is 2. The van der Waals surface area contributed by atoms with Crippen LogP contribution in [0.5, 0.6) is 11.6 Å². The number of nitrogens with one attached hydrogen (secondary N) is 3. The number of hydrogen-bond donors (Lipinski definition) is 3. The highest BCUT2D eigenvalue weighted by atomic mass is 35.5. The fraction of sp³-hybridized carbons (Fsp3) is 0.237. The Morgan fingerprint density at radius 1 is 1.06 bits per heavy atom. The standard InChI is InChI=1S/C26H27ClFN5O2.C9H8O.C3H8/c1-7-26(3,4)18-10-8-9-17(13-18)25(34)31-22-15-23(19(27)14-20(22)28)35-24-12-11-21(16(2)30-24)32-33(6)29-5;10-8-4-7-9-5-2-1-3-6-9;1-3-2/h1,8-15,29,32H,2-6H3,(H,31,34);1-8H;3H2,1-2H3/b;7-4+;. The average molecular weight is 672 g/mol. The number of rotatable bonds is 10. The maximum absolute atomic E-state index is 14.6. The Morgan fingerprint density at radius 2 is 1.75 bits per heavy atom. The number of carbonyl (C=O) groups is 2. The molecule has 252 valence electrons. The number of aryl methyl sites for hydroxylation is 1. The number of nitrogens with zero attached hydrogens (tertiary/aromatic N) is 2. The Hall–Kier alpha value is -5.01. The van der Waals surface area contributed by atoms with E-state index < -0.39 is 17.1 Å². The molecule has 0 fully saturated rings. The van der Waals surface area contributed by atoms with Crippen molar-refractivity contribution in [2.45, 2.75) is 46.5 Å². The first-order chi connectivity index (χ1) is 22.9. The molecule has 3 N–H and O–H groups in total. The summed E-state index contributed by atoms with van der Waals surface area (Å²) in [5.74, 6) is 1.91. The highest BCUT2D eigenvalue weighted by Crippen LogP contribution is 2.34. The fourth-order valence-electron chi connectivity index (χ4n) is 3.81. The van der Waals surface area contributed by atoms with Crippen LogP contribution in [-0.2, 0) is 10.2 Å². The lowest BCUT2D eigenvalue weighted by molar-refractivity contribution is -0.104. The summed E-state index contributed by atoms with van der Waals surface area (Å²) < 4.78 is 20.4. The van der Waals surface area contributed by atoms with Gasteiger partial charge in [0, 0.05) is 31.8 Å². The summed E-state index contributed by atoms with van der Waals surface area (Å²) in [7, 11) is 3.58. The second kappa shape index (κ2) is 19.6. The third kappa shape index (κ3) is 12.3. The number of pyridine rings is 1. The van der Waals surface area contributed by atoms with Crippen LogP contribution >= 0.6 is 11.6 Å². The van der Waals surface area contributed by atoms with Crippen LogP contribution in [0.1, 0.15) is 61.3 Å². The van der Waals surface area contributed by atoms with Gasteiger partial charge in [0.25, 0.3) is 5.91 Å². The fourth-order valence-corrected chi connectivity index (χ4v) is 4.00. The molecule has 0 unspecified atom stereocenters. The van der Waals surface area contributed by atoms with Gasteiger partial charge in [0.05, 0.1) is 27.5 Å². The molecule has 3 aromatic carbocycles. The van der Waals surface area contributed by atoms with Gasteiger partial charge in [0.2, 0.25) is 5.88 Å². The molecule has 0 saturated heterocycles. The van der Waals surface area contributed by atoms with E-state index in [1.807, 2.05) is 64.2 Å². The monoisotopic (exact) mass is 671 g/mol. The number of ether oxygens (including phenoxy) is 1. The zero-order valence-electron chi connectivity index (χ0n) is 28.4. The van der Waals surface area contributed by atoms with E-state index in [1.165, 1.54) is 18.6 Å². The number of aldehydes is 1. The molecular weight excluding hydrogens is 629 g/mol. The van der Waals surface area contributed by atoms with E-state index in [1.54, 1.807) is 48.6 Å². The summed E-state index contributed by atoms with van der Waals surface area (Å²) in [6.45, 7) is 9.82. The molecule has 10 heteroatoms. The first-order valence-electron chi connectivity index (χ1n) is 15.3. The van der Waals surface area contributed by atoms with Crippen molar-refractivity contribution >= 4 is 41.2 Å². The minimum atomic E-state index is -0.699. The van der Waals surface area contributed by atoms with Gasteiger partial charge in [-0.25, -0.2) is 14.8 Å². The van der Waals surface area contributed by atoms with Gasteiger partial charge in [-0.15, -0.1) is 6.42 Å². The summed E-state index contributed by atoms with van der Waals surface area (Å²) >= 11 is 6.20. The molecule has 1 heterocycles. The zero-order valence-corrected chi connectivity index (χ0v) is 29.2. The number of carbonyl (C=O) groups excluding carboxylic acids is 2. The predicted octanol–water partition coefficient (Wildman–Crippen LogP) is 8.85. The lowest BCUT2D eigenvalue weighted by Gasteiger charge is -2.19. The van der Waals surface area contributed by atoms with Crippen LogP contribution in [0.3, 0.4) is 0 Å². The van der Waals surface area contributed by atoms with Crippen LogP contribution in [-0.4, -0.2) is 36.4 Å². The van der Waals surface area contributed by atoms with Crippen molar-refractivity contribution in [2.75, 3.05) is 24.8 Å². The van der Waals surface area contributed by atoms with Gasteiger partial charge in [-0.2, -0.15) is 5.12 Å². The van der Waals surface area contributed by atoms with Crippen molar-refractivity contribution in [1.82, 2.24) is 15.5 Å². The molecule has 0 aliphatic carbocycles. The van der Waals surface area contributed by atoms with Gasteiger partial charge in [0.15, 0.2) is 0 Å². The number of halogens is 2. The quantitative estimate of drug-likeness (QED) is 0.0671. The largest absolute Gasteiger partial charge is 0.437 e. The number of hydrogen-bond acceptors (Lipinski definition) is 7. The molecule has 0 aliphatic rings. The van der Waals surface area contributed by atoms with Crippen LogP contribution in [0, 0.1) is 25.1 Å². The second-order valence-electron chi connectivity index (χ2n) is 11.0. The molecule has 0 aliphatic heterocycles. The number of aromatic nitrogens is 1. The summed E-state index contributed by atoms with van der Waals surface area (Å²) in [5, 5.41) is 4.28. The predicted molar refractivity (Wildman–Crippen MR) is 195 cm³/mol. The normalized spacial score (nSPS) is 10.6. The number of allylic oxidation sites excluding steroid dienone is 1. The van der Waals surface area contributed by atoms with Gasteiger partial charge in [-0.1, -0.05) is 86.3 Å². The number of anilines is 2. The molecular formula is C38H43ClFN5O3. The summed E-state index contributed by atoms with van der Waals surface area (Å²) in [4.78, 5) is 27.1. The SMILES string of the molecule is C#CC(C)(C)c1cccc(C(=O)Nc2cc(Oc3ccc(NN(C)NC)c(C)n3)c(Cl)cc2F)c1.CCC.O=C/C=C/c1ccccc1. The zero-order chi connectivity index (χ0) is 35.7. The lowest BCUT2D eigenvalue weighted by Crippen LogP contribution is -2.36. The molecule has 0 spiro atoms. The summed E-state index contributed by atoms with van der Waals surface area (Å²) in [5.41, 5.74) is 9.02. The van der Waals surface area contributed by atoms with E-state index in [0.717, 1.165) is 29.2 Å². The molecule has 0 bridgehead atoms. The first kappa shape index (κ1) is 39.2. The highest BCUT2D eigenvalue weighted by Gasteiger charge is 2.20. The van der Waals surface area contributed by atoms with Gasteiger partial charge in [-0.3, -0.25) is 9.59 Å². The Bertz CT molecular complexity index is 1720. The molecule has 4 rings (SSSR count). The second-order valence-corrected chi connectivity index (χ2v) is 11.4. The van der Waals surface area contributed by atoms with E-state index in [9.17, 15) is 14.0 Å². The Kier molecular flexibility index (Phi) is 16.0. The maximum atomic E-state index is 14.6. The molecule has 8 nitrogen and oxygen atoms in total. The van der Waals surface area contributed by atoms with Crippen molar-refractivity contribution in [2.24, 2.45) is 0 Å². The van der Waals surface area contributed by atoms with Gasteiger partial charge in [-0.05, 0) is 62.2 Å². The minimum Gasteiger partial charge on any atom is -0.437 e. The molecule has 48 heavy (non-hydrogen) atoms. The van der Waals surface area contributed by atoms with Crippen LogP contribution in [0.2, 0.25) is 5.02 Å².